The third-order valence-corrected chi connectivity index (χ3v) is 4.31. The van der Waals surface area contributed by atoms with E-state index >= 15 is 0 Å². The lowest BCUT2D eigenvalue weighted by molar-refractivity contribution is 0.100. The van der Waals surface area contributed by atoms with E-state index in [9.17, 15) is 9.18 Å². The topological polar surface area (TPSA) is 58.9 Å². The first-order valence-corrected chi connectivity index (χ1v) is 7.68. The molecule has 0 fully saturated rings. The molecule has 1 aromatic carbocycles. The maximum atomic E-state index is 13.8. The molecule has 5 heteroatoms. The van der Waals surface area contributed by atoms with Gasteiger partial charge in [0.15, 0.2) is 0 Å². The molecule has 3 N–H and O–H groups in total. The summed E-state index contributed by atoms with van der Waals surface area (Å²) in [7, 11) is 0. The number of H-pyrrole nitrogens is 1. The van der Waals surface area contributed by atoms with Crippen LogP contribution in [0.25, 0.3) is 10.9 Å². The first kappa shape index (κ1) is 15.8. The number of rotatable bonds is 1. The number of benzene rings is 1. The number of nitrogens with one attached hydrogen (secondary N) is 1. The number of nitrogens with two attached hydrogens (primary N) is 1. The summed E-state index contributed by atoms with van der Waals surface area (Å²) in [5.74, 6) is -1.05. The molecule has 0 spiro atoms. The van der Waals surface area contributed by atoms with Crippen LogP contribution in [0.4, 0.5) is 4.39 Å². The number of halogens is 2. The Kier molecular flexibility index (Phi) is 4.83. The normalized spacial score (nSPS) is 13.3. The standard InChI is InChI=1S/C13H12BrFN2O.C3H6/c14-11-8(15)5-7(13(16)18)12-10(11)6-3-1-2-4-9(6)17-12;1-3-2/h5,17H,1-4H2,(H2,16,18);3H,1H2,2H3. The summed E-state index contributed by atoms with van der Waals surface area (Å²) in [4.78, 5) is 14.6. The Hall–Kier alpha value is -1.62. The fourth-order valence-corrected chi connectivity index (χ4v) is 3.26. The first-order valence-electron chi connectivity index (χ1n) is 6.89. The molecule has 1 aliphatic carbocycles. The third kappa shape index (κ3) is 2.88. The number of aryl methyl sites for hydroxylation is 2. The van der Waals surface area contributed by atoms with Crippen molar-refractivity contribution in [1.29, 1.82) is 0 Å². The van der Waals surface area contributed by atoms with Crippen molar-refractivity contribution in [2.75, 3.05) is 0 Å². The Labute approximate surface area is 131 Å². The van der Waals surface area contributed by atoms with Crippen molar-refractivity contribution in [3.05, 3.63) is 45.8 Å². The number of primary amides is 1. The van der Waals surface area contributed by atoms with Crippen LogP contribution >= 0.6 is 15.9 Å². The monoisotopic (exact) mass is 352 g/mol. The SMILES string of the molecule is C=CC.NC(=O)c1cc(F)c(Br)c2c3c([nH]c12)CCCC3. The molecule has 112 valence electrons. The molecular formula is C16H18BrFN2O. The van der Waals surface area contributed by atoms with E-state index in [0.29, 0.717) is 9.99 Å². The van der Waals surface area contributed by atoms with Crippen LogP contribution in [0.2, 0.25) is 0 Å². The van der Waals surface area contributed by atoms with Crippen LogP contribution in [0, 0.1) is 5.82 Å². The van der Waals surface area contributed by atoms with Crippen LogP contribution in [0.5, 0.6) is 0 Å². The minimum atomic E-state index is -0.606. The number of carbonyl (C=O) groups excluding carboxylic acids is 1. The van der Waals surface area contributed by atoms with Crippen molar-refractivity contribution in [1.82, 2.24) is 4.98 Å². The third-order valence-electron chi connectivity index (χ3n) is 3.53. The van der Waals surface area contributed by atoms with Gasteiger partial charge in [-0.25, -0.2) is 4.39 Å². The predicted octanol–water partition coefficient (Wildman–Crippen LogP) is 4.24. The van der Waals surface area contributed by atoms with E-state index < -0.39 is 11.7 Å². The maximum Gasteiger partial charge on any atom is 0.250 e. The molecule has 0 aliphatic heterocycles. The van der Waals surface area contributed by atoms with Gasteiger partial charge in [0.25, 0.3) is 5.91 Å². The quantitative estimate of drug-likeness (QED) is 0.741. The van der Waals surface area contributed by atoms with Crippen LogP contribution in [0.15, 0.2) is 23.2 Å². The lowest BCUT2D eigenvalue weighted by Crippen LogP contribution is -2.12. The summed E-state index contributed by atoms with van der Waals surface area (Å²) in [6.45, 7) is 5.25. The van der Waals surface area contributed by atoms with Gasteiger partial charge in [-0.3, -0.25) is 4.79 Å². The van der Waals surface area contributed by atoms with Gasteiger partial charge in [0.2, 0.25) is 0 Å². The Balaban J connectivity index is 0.000000497. The minimum Gasteiger partial charge on any atom is -0.366 e. The highest BCUT2D eigenvalue weighted by Gasteiger charge is 2.22. The van der Waals surface area contributed by atoms with Crippen LogP contribution in [0.1, 0.15) is 41.4 Å². The Morgan fingerprint density at radius 2 is 2.10 bits per heavy atom. The van der Waals surface area contributed by atoms with Crippen molar-refractivity contribution < 1.29 is 9.18 Å². The molecule has 1 heterocycles. The predicted molar refractivity (Wildman–Crippen MR) is 87.0 cm³/mol. The Morgan fingerprint density at radius 3 is 2.71 bits per heavy atom. The molecule has 3 rings (SSSR count). The molecule has 0 radical (unpaired) electrons. The summed E-state index contributed by atoms with van der Waals surface area (Å²) < 4.78 is 14.3. The molecule has 0 bridgehead atoms. The van der Waals surface area contributed by atoms with E-state index in [4.69, 9.17) is 5.73 Å². The summed E-state index contributed by atoms with van der Waals surface area (Å²) in [6, 6.07) is 1.19. The average molecular weight is 353 g/mol. The number of allylic oxidation sites excluding steroid dienone is 1. The van der Waals surface area contributed by atoms with Gasteiger partial charge < -0.3 is 10.7 Å². The van der Waals surface area contributed by atoms with E-state index in [2.05, 4.69) is 27.5 Å². The highest BCUT2D eigenvalue weighted by atomic mass is 79.9. The Morgan fingerprint density at radius 1 is 1.48 bits per heavy atom. The molecule has 0 atom stereocenters. The zero-order chi connectivity index (χ0) is 15.6. The maximum absolute atomic E-state index is 13.8. The van der Waals surface area contributed by atoms with Crippen molar-refractivity contribution in [2.24, 2.45) is 5.73 Å². The number of fused-ring (bicyclic) bond motifs is 3. The van der Waals surface area contributed by atoms with Gasteiger partial charge in [0, 0.05) is 11.1 Å². The summed E-state index contributed by atoms with van der Waals surface area (Å²) in [5.41, 5.74) is 8.41. The van der Waals surface area contributed by atoms with Crippen LogP contribution in [0.3, 0.4) is 0 Å². The molecule has 1 aliphatic rings. The average Bonchev–Trinajstić information content (AvgIpc) is 2.83. The number of hydrogen-bond donors (Lipinski definition) is 2. The molecule has 0 unspecified atom stereocenters. The largest absolute Gasteiger partial charge is 0.366 e. The molecular weight excluding hydrogens is 335 g/mol. The molecule has 1 aromatic heterocycles. The van der Waals surface area contributed by atoms with Gasteiger partial charge in [-0.15, -0.1) is 6.58 Å². The van der Waals surface area contributed by atoms with E-state index in [1.165, 1.54) is 6.07 Å². The zero-order valence-corrected chi connectivity index (χ0v) is 13.5. The molecule has 0 saturated carbocycles. The lowest BCUT2D eigenvalue weighted by Gasteiger charge is -2.11. The number of aromatic amines is 1. The molecule has 21 heavy (non-hydrogen) atoms. The smallest absolute Gasteiger partial charge is 0.250 e. The second-order valence-electron chi connectivity index (χ2n) is 5.03. The molecule has 2 aromatic rings. The second kappa shape index (κ2) is 6.43. The summed E-state index contributed by atoms with van der Waals surface area (Å²) in [6.07, 6.45) is 5.81. The number of carbonyl (C=O) groups is 1. The highest BCUT2D eigenvalue weighted by Crippen LogP contribution is 2.37. The zero-order valence-electron chi connectivity index (χ0n) is 11.9. The van der Waals surface area contributed by atoms with Crippen LogP contribution < -0.4 is 5.73 Å². The number of hydrogen-bond acceptors (Lipinski definition) is 1. The van der Waals surface area contributed by atoms with Crippen LogP contribution in [-0.2, 0) is 12.8 Å². The molecule has 3 nitrogen and oxygen atoms in total. The minimum absolute atomic E-state index is 0.222. The second-order valence-corrected chi connectivity index (χ2v) is 5.82. The van der Waals surface area contributed by atoms with Gasteiger partial charge >= 0.3 is 0 Å². The van der Waals surface area contributed by atoms with Crippen molar-refractivity contribution in [3.63, 3.8) is 0 Å². The van der Waals surface area contributed by atoms with E-state index in [1.54, 1.807) is 6.08 Å². The molecule has 0 saturated heterocycles. The van der Waals surface area contributed by atoms with Crippen molar-refractivity contribution in [3.8, 4) is 0 Å². The van der Waals surface area contributed by atoms with Crippen LogP contribution in [-0.4, -0.2) is 10.9 Å². The first-order chi connectivity index (χ1) is 10.0. The summed E-state index contributed by atoms with van der Waals surface area (Å²) >= 11 is 3.28. The van der Waals surface area contributed by atoms with E-state index in [0.717, 1.165) is 42.3 Å². The van der Waals surface area contributed by atoms with E-state index in [1.807, 2.05) is 6.92 Å². The van der Waals surface area contributed by atoms with Gasteiger partial charge in [-0.1, -0.05) is 6.08 Å². The fourth-order valence-electron chi connectivity index (χ4n) is 2.70. The highest BCUT2D eigenvalue weighted by molar-refractivity contribution is 9.10. The fraction of sp³-hybridized carbons (Fsp3) is 0.312. The van der Waals surface area contributed by atoms with Gasteiger partial charge in [-0.2, -0.15) is 0 Å². The number of aromatic nitrogens is 1. The number of amides is 1. The van der Waals surface area contributed by atoms with E-state index in [-0.39, 0.29) is 5.56 Å². The van der Waals surface area contributed by atoms with Gasteiger partial charge in [-0.05, 0) is 60.2 Å². The lowest BCUT2D eigenvalue weighted by atomic mass is 9.95. The van der Waals surface area contributed by atoms with Crippen molar-refractivity contribution >= 4 is 32.7 Å². The summed E-state index contributed by atoms with van der Waals surface area (Å²) in [5, 5.41) is 0.776. The molecule has 1 amide bonds. The Bertz CT molecular complexity index is 706. The van der Waals surface area contributed by atoms with Gasteiger partial charge in [0.05, 0.1) is 15.6 Å². The van der Waals surface area contributed by atoms with Gasteiger partial charge in [0.1, 0.15) is 5.82 Å². The van der Waals surface area contributed by atoms with Crippen molar-refractivity contribution in [2.45, 2.75) is 32.6 Å².